The summed E-state index contributed by atoms with van der Waals surface area (Å²) >= 11 is 6.15. The molecule has 0 atom stereocenters. The predicted octanol–water partition coefficient (Wildman–Crippen LogP) is 3.65. The third kappa shape index (κ3) is 3.98. The fraction of sp³-hybridized carbons (Fsp3) is 0.158. The van der Waals surface area contributed by atoms with Crippen LogP contribution in [0.4, 0.5) is 5.69 Å². The highest BCUT2D eigenvalue weighted by molar-refractivity contribution is 6.31. The van der Waals surface area contributed by atoms with Crippen molar-refractivity contribution in [2.45, 2.75) is 6.92 Å². The third-order valence-electron chi connectivity index (χ3n) is 3.90. The molecule has 1 aliphatic rings. The van der Waals surface area contributed by atoms with E-state index >= 15 is 0 Å². The molecule has 1 N–H and O–H groups in total. The number of anilines is 1. The van der Waals surface area contributed by atoms with Crippen LogP contribution in [0.15, 0.2) is 64.9 Å². The number of halogens is 1. The Kier molecular flexibility index (Phi) is 5.52. The lowest BCUT2D eigenvalue weighted by molar-refractivity contribution is -0.422. The van der Waals surface area contributed by atoms with Crippen LogP contribution < -0.4 is 5.32 Å². The summed E-state index contributed by atoms with van der Waals surface area (Å²) in [5.74, 6) is -1.00. The molecule has 2 aromatic rings. The van der Waals surface area contributed by atoms with Crippen molar-refractivity contribution in [3.63, 3.8) is 0 Å². The molecule has 8 heteroatoms. The Morgan fingerprint density at radius 2 is 2.04 bits per heavy atom. The number of hydrogen-bond acceptors (Lipinski definition) is 6. The van der Waals surface area contributed by atoms with E-state index in [-0.39, 0.29) is 18.8 Å². The number of benzodiazepines with no additional fused rings is 1. The molecule has 7 nitrogen and oxygen atoms in total. The second-order valence-electron chi connectivity index (χ2n) is 5.65. The summed E-state index contributed by atoms with van der Waals surface area (Å²) in [6.45, 7) is 1.55. The maximum atomic E-state index is 12.1. The van der Waals surface area contributed by atoms with Crippen molar-refractivity contribution >= 4 is 29.0 Å². The highest BCUT2D eigenvalue weighted by Crippen LogP contribution is 2.28. The average molecular weight is 386 g/mol. The lowest BCUT2D eigenvalue weighted by Gasteiger charge is -2.12. The number of esters is 1. The van der Waals surface area contributed by atoms with Gasteiger partial charge in [-0.2, -0.15) is 0 Å². The molecule has 0 saturated heterocycles. The van der Waals surface area contributed by atoms with E-state index in [0.717, 1.165) is 5.56 Å². The first kappa shape index (κ1) is 18.6. The Morgan fingerprint density at radius 1 is 1.30 bits per heavy atom. The number of nitrogens with zero attached hydrogens (tertiary/aromatic N) is 2. The standard InChI is InChI=1S/C19H16ClN3O4/c1-2-27-19(24)18(23(25)26)16-11-21-17(12-6-4-3-5-7-12)14-10-13(20)8-9-15(14)22-16/h3-10,22H,2,11H2,1H3/b18-16+. The summed E-state index contributed by atoms with van der Waals surface area (Å²) in [5.41, 5.74) is 2.13. The van der Waals surface area contributed by atoms with Crippen molar-refractivity contribution in [2.24, 2.45) is 4.99 Å². The molecule has 0 spiro atoms. The molecule has 0 aliphatic carbocycles. The van der Waals surface area contributed by atoms with Gasteiger partial charge >= 0.3 is 11.7 Å². The molecule has 1 heterocycles. The quantitative estimate of drug-likeness (QED) is 0.375. The van der Waals surface area contributed by atoms with Crippen LogP contribution in [-0.4, -0.2) is 29.8 Å². The third-order valence-corrected chi connectivity index (χ3v) is 4.14. The Morgan fingerprint density at radius 3 is 2.70 bits per heavy atom. The van der Waals surface area contributed by atoms with Crippen molar-refractivity contribution in [1.82, 2.24) is 0 Å². The molecule has 0 fully saturated rings. The minimum atomic E-state index is -1.00. The number of aliphatic imine (C=N–C) groups is 1. The fourth-order valence-corrected chi connectivity index (χ4v) is 2.92. The van der Waals surface area contributed by atoms with E-state index in [0.29, 0.717) is 22.0 Å². The zero-order chi connectivity index (χ0) is 19.4. The number of hydrogen-bond donors (Lipinski definition) is 1. The average Bonchev–Trinajstić information content (AvgIpc) is 2.82. The number of carbonyl (C=O) groups is 1. The van der Waals surface area contributed by atoms with Gasteiger partial charge in [-0.15, -0.1) is 0 Å². The van der Waals surface area contributed by atoms with Crippen molar-refractivity contribution < 1.29 is 14.5 Å². The van der Waals surface area contributed by atoms with Gasteiger partial charge in [0.25, 0.3) is 0 Å². The highest BCUT2D eigenvalue weighted by atomic mass is 35.5. The first-order valence-corrected chi connectivity index (χ1v) is 8.60. The number of ether oxygens (including phenoxy) is 1. The fourth-order valence-electron chi connectivity index (χ4n) is 2.75. The van der Waals surface area contributed by atoms with E-state index in [1.807, 2.05) is 30.3 Å². The largest absolute Gasteiger partial charge is 0.458 e. The lowest BCUT2D eigenvalue weighted by atomic mass is 10.0. The SMILES string of the molecule is CCOC(=O)/C(=C1/CN=C(c2ccccc2)c2cc(Cl)ccc2N1)[N+](=O)[O-]. The molecule has 138 valence electrons. The maximum absolute atomic E-state index is 12.1. The molecule has 2 aromatic carbocycles. The molecule has 0 radical (unpaired) electrons. The van der Waals surface area contributed by atoms with Gasteiger partial charge in [-0.3, -0.25) is 15.1 Å². The molecular weight excluding hydrogens is 370 g/mol. The molecule has 0 bridgehead atoms. The van der Waals surface area contributed by atoms with Gasteiger partial charge in [-0.25, -0.2) is 4.79 Å². The number of nitrogens with one attached hydrogen (secondary N) is 1. The minimum absolute atomic E-state index is 0.0359. The van der Waals surface area contributed by atoms with E-state index in [9.17, 15) is 14.9 Å². The van der Waals surface area contributed by atoms with Gasteiger partial charge in [0.05, 0.1) is 23.8 Å². The van der Waals surface area contributed by atoms with Crippen LogP contribution >= 0.6 is 11.6 Å². The van der Waals surface area contributed by atoms with E-state index in [4.69, 9.17) is 16.3 Å². The molecule has 0 unspecified atom stereocenters. The molecule has 27 heavy (non-hydrogen) atoms. The number of fused-ring (bicyclic) bond motifs is 1. The van der Waals surface area contributed by atoms with Crippen molar-refractivity contribution in [3.05, 3.63) is 86.2 Å². The summed E-state index contributed by atoms with van der Waals surface area (Å²) in [4.78, 5) is 27.3. The van der Waals surface area contributed by atoms with Crippen LogP contribution in [0.1, 0.15) is 18.1 Å². The van der Waals surface area contributed by atoms with Gasteiger partial charge in [0.1, 0.15) is 5.70 Å². The second kappa shape index (κ2) is 8.01. The van der Waals surface area contributed by atoms with Gasteiger partial charge < -0.3 is 10.1 Å². The topological polar surface area (TPSA) is 93.8 Å². The van der Waals surface area contributed by atoms with Crippen LogP contribution in [0.25, 0.3) is 0 Å². The van der Waals surface area contributed by atoms with E-state index in [2.05, 4.69) is 10.3 Å². The van der Waals surface area contributed by atoms with E-state index in [1.54, 1.807) is 25.1 Å². The van der Waals surface area contributed by atoms with Crippen molar-refractivity contribution in [2.75, 3.05) is 18.5 Å². The van der Waals surface area contributed by atoms with Gasteiger partial charge in [0.15, 0.2) is 0 Å². The second-order valence-corrected chi connectivity index (χ2v) is 6.09. The van der Waals surface area contributed by atoms with E-state index in [1.165, 1.54) is 0 Å². The van der Waals surface area contributed by atoms with Crippen LogP contribution in [0, 0.1) is 10.1 Å². The van der Waals surface area contributed by atoms with Crippen LogP contribution in [0.3, 0.4) is 0 Å². The Hall–Kier alpha value is -3.19. The van der Waals surface area contributed by atoms with Gasteiger partial charge in [0, 0.05) is 21.8 Å². The summed E-state index contributed by atoms with van der Waals surface area (Å²) in [5, 5.41) is 15.0. The molecule has 0 saturated carbocycles. The maximum Gasteiger partial charge on any atom is 0.411 e. The first-order chi connectivity index (χ1) is 13.0. The number of benzene rings is 2. The monoisotopic (exact) mass is 385 g/mol. The number of carbonyl (C=O) groups excluding carboxylic acids is 1. The van der Waals surface area contributed by atoms with Crippen molar-refractivity contribution in [3.8, 4) is 0 Å². The molecule has 3 rings (SSSR count). The smallest absolute Gasteiger partial charge is 0.411 e. The molecule has 0 amide bonds. The summed E-state index contributed by atoms with van der Waals surface area (Å²) in [7, 11) is 0. The van der Waals surface area contributed by atoms with Gasteiger partial charge in [-0.05, 0) is 25.1 Å². The molecule has 1 aliphatic heterocycles. The Balaban J connectivity index is 2.18. The van der Waals surface area contributed by atoms with E-state index < -0.39 is 16.6 Å². The van der Waals surface area contributed by atoms with Crippen LogP contribution in [0.2, 0.25) is 5.02 Å². The summed E-state index contributed by atoms with van der Waals surface area (Å²) in [6.07, 6.45) is 0. The number of rotatable bonds is 4. The Bertz CT molecular complexity index is 955. The summed E-state index contributed by atoms with van der Waals surface area (Å²) in [6, 6.07) is 14.5. The van der Waals surface area contributed by atoms with Gasteiger partial charge in [0.2, 0.25) is 0 Å². The highest BCUT2D eigenvalue weighted by Gasteiger charge is 2.31. The molecular formula is C19H16ClN3O4. The van der Waals surface area contributed by atoms with Crippen molar-refractivity contribution in [1.29, 1.82) is 0 Å². The first-order valence-electron chi connectivity index (χ1n) is 8.22. The Labute approximate surface area is 160 Å². The van der Waals surface area contributed by atoms with Gasteiger partial charge in [-0.1, -0.05) is 41.9 Å². The zero-order valence-corrected chi connectivity index (χ0v) is 15.2. The minimum Gasteiger partial charge on any atom is -0.458 e. The number of nitro groups is 1. The molecule has 0 aromatic heterocycles. The van der Waals surface area contributed by atoms with Crippen LogP contribution in [0.5, 0.6) is 0 Å². The predicted molar refractivity (Wildman–Crippen MR) is 103 cm³/mol. The van der Waals surface area contributed by atoms with Crippen LogP contribution in [-0.2, 0) is 9.53 Å². The zero-order valence-electron chi connectivity index (χ0n) is 14.4. The summed E-state index contributed by atoms with van der Waals surface area (Å²) < 4.78 is 4.83. The lowest BCUT2D eigenvalue weighted by Crippen LogP contribution is -2.21. The normalized spacial score (nSPS) is 15.0.